The number of carbonyl (C=O) groups excluding carboxylic acids is 1. The number of amides is 1. The first-order valence-corrected chi connectivity index (χ1v) is 8.76. The molecule has 0 saturated carbocycles. The fourth-order valence-corrected chi connectivity index (χ4v) is 2.70. The molecule has 2 N–H and O–H groups in total. The third-order valence-corrected chi connectivity index (χ3v) is 3.82. The van der Waals surface area contributed by atoms with E-state index in [9.17, 15) is 4.79 Å². The van der Waals surface area contributed by atoms with Crippen molar-refractivity contribution in [1.82, 2.24) is 4.98 Å². The van der Waals surface area contributed by atoms with Gasteiger partial charge in [0.2, 0.25) is 5.91 Å². The van der Waals surface area contributed by atoms with Crippen LogP contribution in [0.5, 0.6) is 5.75 Å². The summed E-state index contributed by atoms with van der Waals surface area (Å²) in [5.74, 6) is 0.618. The Morgan fingerprint density at radius 2 is 1.81 bits per heavy atom. The number of benzene rings is 2. The minimum Gasteiger partial charge on any atom is -0.489 e. The Hall–Kier alpha value is -3.08. The number of hydrogen-bond acceptors (Lipinski definition) is 4. The van der Waals surface area contributed by atoms with Crippen LogP contribution in [0.3, 0.4) is 0 Å². The van der Waals surface area contributed by atoms with Gasteiger partial charge in [-0.15, -0.1) is 0 Å². The summed E-state index contributed by atoms with van der Waals surface area (Å²) in [5, 5.41) is 7.29. The number of para-hydroxylation sites is 3. The maximum atomic E-state index is 12.3. The van der Waals surface area contributed by atoms with Crippen LogP contribution in [-0.2, 0) is 4.79 Å². The van der Waals surface area contributed by atoms with E-state index in [1.165, 1.54) is 0 Å². The van der Waals surface area contributed by atoms with Crippen LogP contribution in [0.25, 0.3) is 10.9 Å². The average Bonchev–Trinajstić information content (AvgIpc) is 2.63. The van der Waals surface area contributed by atoms with E-state index in [-0.39, 0.29) is 12.0 Å². The molecule has 0 aliphatic heterocycles. The number of anilines is 2. The molecule has 0 saturated heterocycles. The van der Waals surface area contributed by atoms with E-state index in [0.717, 1.165) is 16.6 Å². The third-order valence-electron chi connectivity index (χ3n) is 3.82. The molecule has 0 radical (unpaired) electrons. The van der Waals surface area contributed by atoms with Crippen molar-refractivity contribution in [3.05, 3.63) is 60.8 Å². The summed E-state index contributed by atoms with van der Waals surface area (Å²) < 4.78 is 5.73. The van der Waals surface area contributed by atoms with Gasteiger partial charge in [0.25, 0.3) is 0 Å². The van der Waals surface area contributed by atoms with Gasteiger partial charge in [-0.1, -0.05) is 30.3 Å². The molecule has 0 aliphatic carbocycles. The molecule has 5 nitrogen and oxygen atoms in total. The van der Waals surface area contributed by atoms with Crippen molar-refractivity contribution in [3.63, 3.8) is 0 Å². The summed E-state index contributed by atoms with van der Waals surface area (Å²) in [5.41, 5.74) is 2.53. The van der Waals surface area contributed by atoms with Gasteiger partial charge in [-0.25, -0.2) is 0 Å². The monoisotopic (exact) mass is 349 g/mol. The van der Waals surface area contributed by atoms with Crippen molar-refractivity contribution in [2.45, 2.75) is 26.4 Å². The molecular weight excluding hydrogens is 326 g/mol. The number of fused-ring (bicyclic) bond motifs is 1. The minimum absolute atomic E-state index is 0.0496. The molecule has 3 rings (SSSR count). The van der Waals surface area contributed by atoms with Crippen LogP contribution in [0.2, 0.25) is 0 Å². The van der Waals surface area contributed by atoms with Gasteiger partial charge in [0, 0.05) is 24.5 Å². The zero-order valence-corrected chi connectivity index (χ0v) is 15.0. The molecule has 0 spiro atoms. The molecule has 0 aliphatic rings. The predicted molar refractivity (Wildman–Crippen MR) is 106 cm³/mol. The van der Waals surface area contributed by atoms with Gasteiger partial charge in [0.05, 0.1) is 23.0 Å². The number of hydrogen-bond donors (Lipinski definition) is 2. The van der Waals surface area contributed by atoms with E-state index in [2.05, 4.69) is 15.6 Å². The van der Waals surface area contributed by atoms with E-state index < -0.39 is 0 Å². The molecule has 5 heteroatoms. The van der Waals surface area contributed by atoms with Gasteiger partial charge in [-0.3, -0.25) is 9.78 Å². The Balaban J connectivity index is 1.58. The molecule has 0 fully saturated rings. The highest BCUT2D eigenvalue weighted by Gasteiger charge is 2.09. The average molecular weight is 349 g/mol. The van der Waals surface area contributed by atoms with Crippen molar-refractivity contribution in [1.29, 1.82) is 0 Å². The summed E-state index contributed by atoms with van der Waals surface area (Å²) in [7, 11) is 0. The normalized spacial score (nSPS) is 10.7. The Morgan fingerprint density at radius 3 is 2.65 bits per heavy atom. The second-order valence-corrected chi connectivity index (χ2v) is 6.27. The van der Waals surface area contributed by atoms with Crippen LogP contribution in [0, 0.1) is 0 Å². The number of nitrogens with one attached hydrogen (secondary N) is 2. The van der Waals surface area contributed by atoms with E-state index in [0.29, 0.717) is 24.4 Å². The third kappa shape index (κ3) is 4.51. The summed E-state index contributed by atoms with van der Waals surface area (Å²) in [4.78, 5) is 16.7. The van der Waals surface area contributed by atoms with E-state index in [1.54, 1.807) is 6.20 Å². The van der Waals surface area contributed by atoms with Crippen LogP contribution in [0.4, 0.5) is 11.4 Å². The standard InChI is InChI=1S/C21H23N3O2/c1-15(2)26-19-11-4-3-9-17(19)24-20(25)12-14-22-18-10-5-7-16-8-6-13-23-21(16)18/h3-11,13,15,22H,12,14H2,1-2H3,(H,24,25). The Kier molecular flexibility index (Phi) is 5.69. The quantitative estimate of drug-likeness (QED) is 0.661. The first-order chi connectivity index (χ1) is 12.6. The lowest BCUT2D eigenvalue weighted by Gasteiger charge is -2.15. The van der Waals surface area contributed by atoms with Crippen LogP contribution in [0.15, 0.2) is 60.8 Å². The molecule has 1 amide bonds. The Bertz CT molecular complexity index is 888. The lowest BCUT2D eigenvalue weighted by atomic mass is 10.2. The second kappa shape index (κ2) is 8.34. The van der Waals surface area contributed by atoms with Crippen molar-refractivity contribution >= 4 is 28.2 Å². The van der Waals surface area contributed by atoms with Crippen molar-refractivity contribution < 1.29 is 9.53 Å². The van der Waals surface area contributed by atoms with E-state index >= 15 is 0 Å². The van der Waals surface area contributed by atoms with Gasteiger partial charge < -0.3 is 15.4 Å². The zero-order valence-electron chi connectivity index (χ0n) is 15.0. The lowest BCUT2D eigenvalue weighted by Crippen LogP contribution is -2.17. The number of nitrogens with zero attached hydrogens (tertiary/aromatic N) is 1. The van der Waals surface area contributed by atoms with Crippen LogP contribution >= 0.6 is 0 Å². The molecule has 1 aromatic heterocycles. The summed E-state index contributed by atoms with van der Waals surface area (Å²) >= 11 is 0. The second-order valence-electron chi connectivity index (χ2n) is 6.27. The molecule has 3 aromatic rings. The SMILES string of the molecule is CC(C)Oc1ccccc1NC(=O)CCNc1cccc2cccnc12. The molecular formula is C21H23N3O2. The highest BCUT2D eigenvalue weighted by molar-refractivity contribution is 5.93. The number of rotatable bonds is 7. The topological polar surface area (TPSA) is 63.2 Å². The molecule has 1 heterocycles. The minimum atomic E-state index is -0.0644. The number of carbonyl (C=O) groups is 1. The predicted octanol–water partition coefficient (Wildman–Crippen LogP) is 4.46. The highest BCUT2D eigenvalue weighted by atomic mass is 16.5. The number of ether oxygens (including phenoxy) is 1. The fraction of sp³-hybridized carbons (Fsp3) is 0.238. The first kappa shape index (κ1) is 17.7. The molecule has 0 unspecified atom stereocenters. The lowest BCUT2D eigenvalue weighted by molar-refractivity contribution is -0.116. The van der Waals surface area contributed by atoms with Crippen molar-refractivity contribution in [3.8, 4) is 5.75 Å². The van der Waals surface area contributed by atoms with Gasteiger partial charge >= 0.3 is 0 Å². The number of aromatic nitrogens is 1. The molecule has 26 heavy (non-hydrogen) atoms. The maximum Gasteiger partial charge on any atom is 0.226 e. The maximum absolute atomic E-state index is 12.3. The molecule has 0 bridgehead atoms. The van der Waals surface area contributed by atoms with Crippen molar-refractivity contribution in [2.75, 3.05) is 17.2 Å². The fourth-order valence-electron chi connectivity index (χ4n) is 2.70. The zero-order chi connectivity index (χ0) is 18.4. The number of pyridine rings is 1. The first-order valence-electron chi connectivity index (χ1n) is 8.76. The van der Waals surface area contributed by atoms with Crippen LogP contribution in [0.1, 0.15) is 20.3 Å². The van der Waals surface area contributed by atoms with Crippen molar-refractivity contribution in [2.24, 2.45) is 0 Å². The Labute approximate surface area is 153 Å². The van der Waals surface area contributed by atoms with Gasteiger partial charge in [0.15, 0.2) is 0 Å². The summed E-state index contributed by atoms with van der Waals surface area (Å²) in [6, 6.07) is 17.4. The van der Waals surface area contributed by atoms with Gasteiger partial charge in [0.1, 0.15) is 5.75 Å². The molecule has 2 aromatic carbocycles. The van der Waals surface area contributed by atoms with Gasteiger partial charge in [-0.05, 0) is 38.1 Å². The molecule has 134 valence electrons. The summed E-state index contributed by atoms with van der Waals surface area (Å²) in [6.07, 6.45) is 2.17. The molecule has 0 atom stereocenters. The Morgan fingerprint density at radius 1 is 1.04 bits per heavy atom. The smallest absolute Gasteiger partial charge is 0.226 e. The van der Waals surface area contributed by atoms with Gasteiger partial charge in [-0.2, -0.15) is 0 Å². The van der Waals surface area contributed by atoms with Crippen LogP contribution in [-0.4, -0.2) is 23.5 Å². The van der Waals surface area contributed by atoms with E-state index in [4.69, 9.17) is 4.74 Å². The summed E-state index contributed by atoms with van der Waals surface area (Å²) in [6.45, 7) is 4.44. The van der Waals surface area contributed by atoms with Crippen LogP contribution < -0.4 is 15.4 Å². The van der Waals surface area contributed by atoms with E-state index in [1.807, 2.05) is 68.4 Å². The largest absolute Gasteiger partial charge is 0.489 e. The highest BCUT2D eigenvalue weighted by Crippen LogP contribution is 2.25.